The van der Waals surface area contributed by atoms with Gasteiger partial charge in [0.05, 0.1) is 0 Å². The van der Waals surface area contributed by atoms with Gasteiger partial charge in [-0.25, -0.2) is 5.21 Å². The van der Waals surface area contributed by atoms with Crippen LogP contribution in [0.15, 0.2) is 0 Å². The minimum absolute atomic E-state index is 0.208. The third kappa shape index (κ3) is 1.80. The Kier molecular flexibility index (Phi) is 3.02. The fourth-order valence-electron chi connectivity index (χ4n) is 0.671. The van der Waals surface area contributed by atoms with Crippen LogP contribution in [0.3, 0.4) is 0 Å². The predicted octanol–water partition coefficient (Wildman–Crippen LogP) is 1.25. The second kappa shape index (κ2) is 3.05. The van der Waals surface area contributed by atoms with E-state index in [1.807, 2.05) is 20.8 Å². The lowest BCUT2D eigenvalue weighted by Crippen LogP contribution is -2.43. The minimum Gasteiger partial charge on any atom is -0.217 e. The molecule has 8 heavy (non-hydrogen) atoms. The van der Waals surface area contributed by atoms with Crippen molar-refractivity contribution in [1.29, 1.82) is 0 Å². The summed E-state index contributed by atoms with van der Waals surface area (Å²) in [4.78, 5) is 0. The number of hydrogen-bond acceptors (Lipinski definition) is 1. The molecule has 0 rings (SSSR count). The summed E-state index contributed by atoms with van der Waals surface area (Å²) >= 11 is 0. The van der Waals surface area contributed by atoms with E-state index in [0.29, 0.717) is 0 Å². The van der Waals surface area contributed by atoms with Crippen molar-refractivity contribution in [2.45, 2.75) is 20.8 Å². The summed E-state index contributed by atoms with van der Waals surface area (Å²) in [5, 5.41) is 9.38. The zero-order valence-electron chi connectivity index (χ0n) is 6.02. The van der Waals surface area contributed by atoms with Gasteiger partial charge in [-0.15, -0.1) is 0 Å². The maximum absolute atomic E-state index is 9.38. The number of quaternary nitrogens is 1. The highest BCUT2D eigenvalue weighted by Gasteiger charge is 2.15. The third-order valence-corrected chi connectivity index (χ3v) is 1.77. The highest BCUT2D eigenvalue weighted by Crippen LogP contribution is 1.97. The first kappa shape index (κ1) is 7.92. The molecule has 0 saturated carbocycles. The van der Waals surface area contributed by atoms with Gasteiger partial charge in [0.2, 0.25) is 0 Å². The lowest BCUT2D eigenvalue weighted by molar-refractivity contribution is -1.10. The first-order valence-electron chi connectivity index (χ1n) is 3.27. The summed E-state index contributed by atoms with van der Waals surface area (Å²) in [6.45, 7) is 8.42. The number of nitrogens with zero attached hydrogens (tertiary/aromatic N) is 1. The summed E-state index contributed by atoms with van der Waals surface area (Å²) in [6, 6.07) is 0. The van der Waals surface area contributed by atoms with Gasteiger partial charge in [-0.1, -0.05) is 0 Å². The highest BCUT2D eigenvalue weighted by molar-refractivity contribution is 4.18. The Balaban J connectivity index is 3.58. The molecule has 0 saturated heterocycles. The van der Waals surface area contributed by atoms with Gasteiger partial charge in [-0.3, -0.25) is 0 Å². The van der Waals surface area contributed by atoms with E-state index in [9.17, 15) is 5.21 Å². The smallest absolute Gasteiger partial charge is 0.106 e. The second-order valence-electron chi connectivity index (χ2n) is 2.04. The first-order chi connectivity index (χ1) is 3.68. The summed E-state index contributed by atoms with van der Waals surface area (Å²) in [5.41, 5.74) is 0. The Labute approximate surface area is 51.3 Å². The van der Waals surface area contributed by atoms with E-state index < -0.39 is 0 Å². The fraction of sp³-hybridized carbons (Fsp3) is 1.00. The standard InChI is InChI=1S/C6H16NO/c1-4-7(8,5-2)6-3/h8H,4-6H2,1-3H3/q+1. The molecule has 0 amide bonds. The molecule has 0 radical (unpaired) electrons. The van der Waals surface area contributed by atoms with Crippen molar-refractivity contribution in [1.82, 2.24) is 0 Å². The molecule has 0 aromatic rings. The first-order valence-corrected chi connectivity index (χ1v) is 3.27. The number of hydroxylamine groups is 3. The van der Waals surface area contributed by atoms with Crippen LogP contribution in [0.2, 0.25) is 0 Å². The molecule has 2 heteroatoms. The third-order valence-electron chi connectivity index (χ3n) is 1.77. The van der Waals surface area contributed by atoms with Gasteiger partial charge in [0, 0.05) is 0 Å². The normalized spacial score (nSPS) is 12.0. The molecule has 0 spiro atoms. The fourth-order valence-corrected chi connectivity index (χ4v) is 0.671. The van der Waals surface area contributed by atoms with Crippen molar-refractivity contribution in [3.05, 3.63) is 0 Å². The Bertz CT molecular complexity index is 51.3. The molecule has 0 bridgehead atoms. The monoisotopic (exact) mass is 118 g/mol. The molecule has 0 aliphatic rings. The van der Waals surface area contributed by atoms with E-state index in [2.05, 4.69) is 0 Å². The Morgan fingerprint density at radius 2 is 1.25 bits per heavy atom. The molecular formula is C6H16NO+. The Morgan fingerprint density at radius 1 is 1.00 bits per heavy atom. The van der Waals surface area contributed by atoms with Crippen LogP contribution in [0.1, 0.15) is 20.8 Å². The van der Waals surface area contributed by atoms with Crippen LogP contribution in [-0.2, 0) is 0 Å². The van der Waals surface area contributed by atoms with Crippen molar-refractivity contribution >= 4 is 0 Å². The van der Waals surface area contributed by atoms with Gasteiger partial charge < -0.3 is 0 Å². The molecular weight excluding hydrogens is 102 g/mol. The van der Waals surface area contributed by atoms with E-state index in [1.54, 1.807) is 0 Å². The molecule has 0 atom stereocenters. The molecule has 0 aliphatic heterocycles. The van der Waals surface area contributed by atoms with Gasteiger partial charge in [0.1, 0.15) is 19.6 Å². The maximum atomic E-state index is 9.38. The second-order valence-corrected chi connectivity index (χ2v) is 2.04. The van der Waals surface area contributed by atoms with Gasteiger partial charge in [-0.05, 0) is 20.8 Å². The SMILES string of the molecule is CC[N+](O)(CC)CC. The van der Waals surface area contributed by atoms with E-state index >= 15 is 0 Å². The molecule has 2 nitrogen and oxygen atoms in total. The van der Waals surface area contributed by atoms with Crippen molar-refractivity contribution in [3.8, 4) is 0 Å². The quantitative estimate of drug-likeness (QED) is 0.437. The molecule has 0 aromatic heterocycles. The van der Waals surface area contributed by atoms with Crippen LogP contribution in [-0.4, -0.2) is 29.5 Å². The highest BCUT2D eigenvalue weighted by atomic mass is 16.5. The van der Waals surface area contributed by atoms with E-state index in [1.165, 1.54) is 0 Å². The molecule has 50 valence electrons. The van der Waals surface area contributed by atoms with Crippen LogP contribution < -0.4 is 0 Å². The van der Waals surface area contributed by atoms with E-state index in [0.717, 1.165) is 19.6 Å². The molecule has 0 fully saturated rings. The summed E-state index contributed by atoms with van der Waals surface area (Å²) in [6.07, 6.45) is 0. The predicted molar refractivity (Wildman–Crippen MR) is 33.7 cm³/mol. The van der Waals surface area contributed by atoms with Gasteiger partial charge >= 0.3 is 0 Å². The lowest BCUT2D eigenvalue weighted by atomic mass is 10.5. The molecule has 0 unspecified atom stereocenters. The van der Waals surface area contributed by atoms with Crippen molar-refractivity contribution < 1.29 is 9.85 Å². The van der Waals surface area contributed by atoms with Gasteiger partial charge in [0.15, 0.2) is 0 Å². The number of rotatable bonds is 3. The Morgan fingerprint density at radius 3 is 1.25 bits per heavy atom. The molecule has 0 heterocycles. The molecule has 0 aromatic carbocycles. The lowest BCUT2D eigenvalue weighted by Gasteiger charge is -2.25. The average molecular weight is 118 g/mol. The average Bonchev–Trinajstić information content (AvgIpc) is 1.87. The van der Waals surface area contributed by atoms with Crippen molar-refractivity contribution in [2.75, 3.05) is 19.6 Å². The minimum atomic E-state index is 0.208. The summed E-state index contributed by atoms with van der Waals surface area (Å²) < 4.78 is 0.208. The van der Waals surface area contributed by atoms with Crippen LogP contribution in [0.25, 0.3) is 0 Å². The van der Waals surface area contributed by atoms with Crippen LogP contribution >= 0.6 is 0 Å². The van der Waals surface area contributed by atoms with Crippen molar-refractivity contribution in [2.24, 2.45) is 0 Å². The van der Waals surface area contributed by atoms with Gasteiger partial charge in [0.25, 0.3) is 0 Å². The number of hydrogen-bond donors (Lipinski definition) is 1. The summed E-state index contributed by atoms with van der Waals surface area (Å²) in [7, 11) is 0. The molecule has 1 N–H and O–H groups in total. The topological polar surface area (TPSA) is 20.2 Å². The summed E-state index contributed by atoms with van der Waals surface area (Å²) in [5.74, 6) is 0. The van der Waals surface area contributed by atoms with Crippen molar-refractivity contribution in [3.63, 3.8) is 0 Å². The van der Waals surface area contributed by atoms with Crippen LogP contribution in [0.5, 0.6) is 0 Å². The van der Waals surface area contributed by atoms with Crippen LogP contribution in [0.4, 0.5) is 0 Å². The van der Waals surface area contributed by atoms with E-state index in [4.69, 9.17) is 0 Å². The molecule has 0 aliphatic carbocycles. The van der Waals surface area contributed by atoms with Gasteiger partial charge in [-0.2, -0.15) is 4.65 Å². The largest absolute Gasteiger partial charge is 0.217 e. The Hall–Kier alpha value is -0.0800. The zero-order valence-corrected chi connectivity index (χ0v) is 6.02. The maximum Gasteiger partial charge on any atom is 0.106 e. The van der Waals surface area contributed by atoms with E-state index in [-0.39, 0.29) is 4.65 Å². The van der Waals surface area contributed by atoms with Crippen LogP contribution in [0, 0.1) is 0 Å². The zero-order chi connectivity index (χ0) is 6.62.